The number of benzene rings is 2. The molecule has 2 aromatic rings. The molecule has 5 heteroatoms. The van der Waals surface area contributed by atoms with E-state index in [4.69, 9.17) is 0 Å². The van der Waals surface area contributed by atoms with Gasteiger partial charge in [-0.1, -0.05) is 24.3 Å². The van der Waals surface area contributed by atoms with Crippen LogP contribution < -0.4 is 10.6 Å². The molecule has 0 saturated carbocycles. The van der Waals surface area contributed by atoms with Gasteiger partial charge in [-0.2, -0.15) is 0 Å². The zero-order chi connectivity index (χ0) is 13.2. The van der Waals surface area contributed by atoms with E-state index in [2.05, 4.69) is 10.6 Å². The minimum atomic E-state index is -0.380. The highest BCUT2D eigenvalue weighted by Gasteiger charge is 2.15. The van der Waals surface area contributed by atoms with Gasteiger partial charge in [-0.3, -0.25) is 10.1 Å². The molecule has 1 heterocycles. The van der Waals surface area contributed by atoms with Crippen LogP contribution in [0.1, 0.15) is 5.56 Å². The first-order chi connectivity index (χ1) is 9.24. The van der Waals surface area contributed by atoms with Crippen LogP contribution >= 0.6 is 0 Å². The molecule has 5 nitrogen and oxygen atoms in total. The second-order valence-corrected chi connectivity index (χ2v) is 4.17. The summed E-state index contributed by atoms with van der Waals surface area (Å²) in [4.78, 5) is 10.6. The zero-order valence-corrected chi connectivity index (χ0v) is 9.96. The molecule has 0 unspecified atom stereocenters. The Morgan fingerprint density at radius 3 is 2.16 bits per heavy atom. The molecule has 0 amide bonds. The Bertz CT molecular complexity index is 653. The normalized spacial score (nSPS) is 12.3. The van der Waals surface area contributed by atoms with Gasteiger partial charge < -0.3 is 10.6 Å². The minimum Gasteiger partial charge on any atom is -0.340 e. The first-order valence-electron chi connectivity index (χ1n) is 5.82. The molecule has 2 N–H and O–H groups in total. The molecule has 0 bridgehead atoms. The average molecular weight is 253 g/mol. The smallest absolute Gasteiger partial charge is 0.276 e. The summed E-state index contributed by atoms with van der Waals surface area (Å²) in [5, 5.41) is 17.3. The molecule has 94 valence electrons. The number of fused-ring (bicyclic) bond motifs is 1. The average Bonchev–Trinajstić information content (AvgIpc) is 2.81. The highest BCUT2D eigenvalue weighted by molar-refractivity contribution is 5.83. The first-order valence-corrected chi connectivity index (χ1v) is 5.82. The fraction of sp³-hybridized carbons (Fsp3) is 0. The van der Waals surface area contributed by atoms with Gasteiger partial charge in [-0.15, -0.1) is 0 Å². The maximum absolute atomic E-state index is 10.9. The molecule has 0 aromatic heterocycles. The SMILES string of the molecule is O=[N+]([O-])c1ccccc1C=C1Nc2ccccc2N1. The van der Waals surface area contributed by atoms with Crippen molar-refractivity contribution >= 4 is 23.1 Å². The van der Waals surface area contributed by atoms with Gasteiger partial charge in [0.25, 0.3) is 5.69 Å². The van der Waals surface area contributed by atoms with E-state index >= 15 is 0 Å². The predicted molar refractivity (Wildman–Crippen MR) is 74.8 cm³/mol. The van der Waals surface area contributed by atoms with Gasteiger partial charge in [-0.05, 0) is 24.3 Å². The van der Waals surface area contributed by atoms with Crippen molar-refractivity contribution in [3.63, 3.8) is 0 Å². The van der Waals surface area contributed by atoms with Gasteiger partial charge in [0.2, 0.25) is 0 Å². The topological polar surface area (TPSA) is 67.2 Å². The molecular formula is C14H11N3O2. The first kappa shape index (κ1) is 11.3. The molecule has 0 saturated heterocycles. The molecule has 0 radical (unpaired) electrons. The molecule has 0 atom stereocenters. The van der Waals surface area contributed by atoms with Crippen molar-refractivity contribution in [3.8, 4) is 0 Å². The van der Waals surface area contributed by atoms with Gasteiger partial charge in [0.05, 0.1) is 21.9 Å². The summed E-state index contributed by atoms with van der Waals surface area (Å²) < 4.78 is 0. The van der Waals surface area contributed by atoms with Crippen LogP contribution in [0.2, 0.25) is 0 Å². The lowest BCUT2D eigenvalue weighted by atomic mass is 10.1. The molecule has 0 fully saturated rings. The number of nitrogens with one attached hydrogen (secondary N) is 2. The molecule has 1 aliphatic rings. The minimum absolute atomic E-state index is 0.0922. The van der Waals surface area contributed by atoms with Crippen molar-refractivity contribution in [2.45, 2.75) is 0 Å². The van der Waals surface area contributed by atoms with E-state index in [9.17, 15) is 10.1 Å². The zero-order valence-electron chi connectivity index (χ0n) is 9.96. The number of nitro groups is 1. The molecular weight excluding hydrogens is 242 g/mol. The third kappa shape index (κ3) is 2.13. The van der Waals surface area contributed by atoms with Crippen LogP contribution in [0.4, 0.5) is 17.1 Å². The molecule has 19 heavy (non-hydrogen) atoms. The molecule has 3 rings (SSSR count). The van der Waals surface area contributed by atoms with Crippen molar-refractivity contribution in [3.05, 3.63) is 70.0 Å². The number of anilines is 2. The van der Waals surface area contributed by atoms with Crippen molar-refractivity contribution in [2.24, 2.45) is 0 Å². The summed E-state index contributed by atoms with van der Waals surface area (Å²) in [6, 6.07) is 14.4. The molecule has 0 aliphatic carbocycles. The van der Waals surface area contributed by atoms with E-state index < -0.39 is 0 Å². The third-order valence-electron chi connectivity index (χ3n) is 2.90. The lowest BCUT2D eigenvalue weighted by Gasteiger charge is -2.01. The molecule has 0 spiro atoms. The number of nitrogens with zero attached hydrogens (tertiary/aromatic N) is 1. The maximum atomic E-state index is 10.9. The fourth-order valence-corrected chi connectivity index (χ4v) is 2.03. The number of rotatable bonds is 2. The van der Waals surface area contributed by atoms with Gasteiger partial charge in [0.15, 0.2) is 0 Å². The number of para-hydroxylation sites is 3. The van der Waals surface area contributed by atoms with E-state index in [1.165, 1.54) is 6.07 Å². The molecule has 2 aromatic carbocycles. The van der Waals surface area contributed by atoms with Gasteiger partial charge >= 0.3 is 0 Å². The number of hydrogen-bond acceptors (Lipinski definition) is 4. The van der Waals surface area contributed by atoms with Crippen LogP contribution in [0.3, 0.4) is 0 Å². The lowest BCUT2D eigenvalue weighted by molar-refractivity contribution is -0.385. The fourth-order valence-electron chi connectivity index (χ4n) is 2.03. The monoisotopic (exact) mass is 253 g/mol. The van der Waals surface area contributed by atoms with Gasteiger partial charge in [0.1, 0.15) is 5.82 Å². The highest BCUT2D eigenvalue weighted by atomic mass is 16.6. The third-order valence-corrected chi connectivity index (χ3v) is 2.90. The van der Waals surface area contributed by atoms with Gasteiger partial charge in [-0.25, -0.2) is 0 Å². The van der Waals surface area contributed by atoms with Crippen LogP contribution in [0.15, 0.2) is 54.4 Å². The summed E-state index contributed by atoms with van der Waals surface area (Å²) in [6.07, 6.45) is 1.73. The van der Waals surface area contributed by atoms with Crippen molar-refractivity contribution in [1.82, 2.24) is 0 Å². The Kier molecular flexibility index (Phi) is 2.64. The highest BCUT2D eigenvalue weighted by Crippen LogP contribution is 2.31. The second kappa shape index (κ2) is 4.45. The van der Waals surface area contributed by atoms with Crippen LogP contribution in [0, 0.1) is 10.1 Å². The van der Waals surface area contributed by atoms with E-state index in [1.807, 2.05) is 24.3 Å². The maximum Gasteiger partial charge on any atom is 0.276 e. The Morgan fingerprint density at radius 1 is 0.947 bits per heavy atom. The van der Waals surface area contributed by atoms with Crippen LogP contribution in [-0.2, 0) is 0 Å². The summed E-state index contributed by atoms with van der Waals surface area (Å²) in [7, 11) is 0. The predicted octanol–water partition coefficient (Wildman–Crippen LogP) is 3.43. The van der Waals surface area contributed by atoms with E-state index in [-0.39, 0.29) is 10.6 Å². The summed E-state index contributed by atoms with van der Waals surface area (Å²) >= 11 is 0. The Morgan fingerprint density at radius 2 is 1.53 bits per heavy atom. The van der Waals surface area contributed by atoms with Crippen LogP contribution in [-0.4, -0.2) is 4.92 Å². The Balaban J connectivity index is 1.95. The second-order valence-electron chi connectivity index (χ2n) is 4.17. The Labute approximate surface area is 109 Å². The standard InChI is InChI=1S/C14H11N3O2/c18-17(19)13-8-4-1-5-10(13)9-14-15-11-6-2-3-7-12(11)16-14/h1-9,15-16H. The van der Waals surface area contributed by atoms with Gasteiger partial charge in [0, 0.05) is 6.07 Å². The van der Waals surface area contributed by atoms with E-state index in [0.717, 1.165) is 17.2 Å². The van der Waals surface area contributed by atoms with E-state index in [1.54, 1.807) is 24.3 Å². The summed E-state index contributed by atoms with van der Waals surface area (Å²) in [6.45, 7) is 0. The van der Waals surface area contributed by atoms with Crippen molar-refractivity contribution < 1.29 is 4.92 Å². The lowest BCUT2D eigenvalue weighted by Crippen LogP contribution is -1.99. The quantitative estimate of drug-likeness (QED) is 0.635. The molecule has 1 aliphatic heterocycles. The van der Waals surface area contributed by atoms with Crippen LogP contribution in [0.25, 0.3) is 6.08 Å². The largest absolute Gasteiger partial charge is 0.340 e. The van der Waals surface area contributed by atoms with Crippen LogP contribution in [0.5, 0.6) is 0 Å². The van der Waals surface area contributed by atoms with Crippen molar-refractivity contribution in [2.75, 3.05) is 10.6 Å². The number of nitro benzene ring substituents is 1. The van der Waals surface area contributed by atoms with E-state index in [0.29, 0.717) is 5.56 Å². The van der Waals surface area contributed by atoms with Crippen molar-refractivity contribution in [1.29, 1.82) is 0 Å². The Hall–Kier alpha value is -2.82. The summed E-state index contributed by atoms with van der Waals surface area (Å²) in [5.41, 5.74) is 2.59. The summed E-state index contributed by atoms with van der Waals surface area (Å²) in [5.74, 6) is 0.732. The number of hydrogen-bond donors (Lipinski definition) is 2.